The lowest BCUT2D eigenvalue weighted by molar-refractivity contribution is -0.139. The summed E-state index contributed by atoms with van der Waals surface area (Å²) in [5.41, 5.74) is 0.405. The van der Waals surface area contributed by atoms with Gasteiger partial charge in [0.1, 0.15) is 5.92 Å². The van der Waals surface area contributed by atoms with E-state index in [1.165, 1.54) is 6.92 Å². The first kappa shape index (κ1) is 10.9. The molecule has 0 radical (unpaired) electrons. The molecule has 1 N–H and O–H groups in total. The van der Waals surface area contributed by atoms with Gasteiger partial charge < -0.3 is 5.11 Å². The number of hydrogen-bond acceptors (Lipinski definition) is 2. The van der Waals surface area contributed by atoms with Gasteiger partial charge in [-0.2, -0.15) is 0 Å². The molecule has 0 saturated heterocycles. The van der Waals surface area contributed by atoms with E-state index in [4.69, 9.17) is 5.11 Å². The fourth-order valence-corrected chi connectivity index (χ4v) is 1.49. The molecule has 3 nitrogen and oxygen atoms in total. The second-order valence-electron chi connectivity index (χ2n) is 2.90. The fraction of sp³-hybridized carbons (Fsp3) is 0.200. The highest BCUT2D eigenvalue weighted by atomic mass is 79.9. The maximum Gasteiger partial charge on any atom is 0.314 e. The average Bonchev–Trinajstić information content (AvgIpc) is 2.16. The van der Waals surface area contributed by atoms with Crippen molar-refractivity contribution < 1.29 is 14.7 Å². The summed E-state index contributed by atoms with van der Waals surface area (Å²) in [6.45, 7) is 1.38. The number of rotatable bonds is 3. The number of benzene rings is 1. The molecule has 0 aliphatic carbocycles. The Labute approximate surface area is 89.9 Å². The van der Waals surface area contributed by atoms with Gasteiger partial charge in [0.2, 0.25) is 0 Å². The van der Waals surface area contributed by atoms with Crippen LogP contribution in [-0.2, 0) is 4.79 Å². The predicted octanol–water partition coefficient (Wildman–Crippen LogP) is 2.35. The van der Waals surface area contributed by atoms with E-state index in [9.17, 15) is 9.59 Å². The molecule has 4 heteroatoms. The Bertz CT molecular complexity index is 373. The standard InChI is InChI=1S/C10H9BrO3/c1-6(10(13)14)9(12)7-4-2-3-5-8(7)11/h2-6H,1H3,(H,13,14). The highest BCUT2D eigenvalue weighted by Crippen LogP contribution is 2.19. The molecule has 0 spiro atoms. The highest BCUT2D eigenvalue weighted by molar-refractivity contribution is 9.10. The van der Waals surface area contributed by atoms with Gasteiger partial charge in [-0.05, 0) is 13.0 Å². The van der Waals surface area contributed by atoms with Gasteiger partial charge in [-0.25, -0.2) is 0 Å². The van der Waals surface area contributed by atoms with Crippen molar-refractivity contribution in [3.8, 4) is 0 Å². The van der Waals surface area contributed by atoms with Crippen LogP contribution in [0.4, 0.5) is 0 Å². The summed E-state index contributed by atoms with van der Waals surface area (Å²) in [7, 11) is 0. The Morgan fingerprint density at radius 1 is 1.36 bits per heavy atom. The molecule has 0 aromatic heterocycles. The van der Waals surface area contributed by atoms with Gasteiger partial charge >= 0.3 is 5.97 Å². The maximum atomic E-state index is 11.6. The van der Waals surface area contributed by atoms with Crippen molar-refractivity contribution in [1.29, 1.82) is 0 Å². The molecule has 0 saturated carbocycles. The Kier molecular flexibility index (Phi) is 3.41. The van der Waals surface area contributed by atoms with Gasteiger partial charge in [-0.3, -0.25) is 9.59 Å². The van der Waals surface area contributed by atoms with Crippen LogP contribution in [0.15, 0.2) is 28.7 Å². The minimum absolute atomic E-state index is 0.384. The molecule has 74 valence electrons. The van der Waals surface area contributed by atoms with Gasteiger partial charge in [-0.15, -0.1) is 0 Å². The van der Waals surface area contributed by atoms with Crippen LogP contribution in [0, 0.1) is 5.92 Å². The van der Waals surface area contributed by atoms with Crippen molar-refractivity contribution in [2.24, 2.45) is 5.92 Å². The van der Waals surface area contributed by atoms with E-state index >= 15 is 0 Å². The highest BCUT2D eigenvalue weighted by Gasteiger charge is 2.23. The van der Waals surface area contributed by atoms with Gasteiger partial charge in [0.05, 0.1) is 0 Å². The van der Waals surface area contributed by atoms with Gasteiger partial charge in [-0.1, -0.05) is 34.1 Å². The van der Waals surface area contributed by atoms with Crippen molar-refractivity contribution in [1.82, 2.24) is 0 Å². The van der Waals surface area contributed by atoms with E-state index in [1.54, 1.807) is 24.3 Å². The summed E-state index contributed by atoms with van der Waals surface area (Å²) in [5, 5.41) is 8.67. The molecule has 1 unspecified atom stereocenters. The topological polar surface area (TPSA) is 54.4 Å². The molecular formula is C10H9BrO3. The molecule has 1 aromatic rings. The van der Waals surface area contributed by atoms with E-state index in [-0.39, 0.29) is 5.78 Å². The summed E-state index contributed by atoms with van der Waals surface area (Å²) in [6.07, 6.45) is 0. The molecule has 0 heterocycles. The number of hydrogen-bond donors (Lipinski definition) is 1. The summed E-state index contributed by atoms with van der Waals surface area (Å²) in [5.74, 6) is -2.50. The number of halogens is 1. The number of Topliss-reactive ketones (excluding diaryl/α,β-unsaturated/α-hetero) is 1. The summed E-state index contributed by atoms with van der Waals surface area (Å²) in [6, 6.07) is 6.78. The van der Waals surface area contributed by atoms with Crippen LogP contribution in [0.5, 0.6) is 0 Å². The first-order valence-corrected chi connectivity index (χ1v) is 4.85. The molecule has 0 fully saturated rings. The van der Waals surface area contributed by atoms with Crippen molar-refractivity contribution in [3.63, 3.8) is 0 Å². The number of carbonyl (C=O) groups excluding carboxylic acids is 1. The third-order valence-corrected chi connectivity index (χ3v) is 2.59. The smallest absolute Gasteiger partial charge is 0.314 e. The molecule has 1 atom stereocenters. The fourth-order valence-electron chi connectivity index (χ4n) is 1.01. The number of carbonyl (C=O) groups is 2. The largest absolute Gasteiger partial charge is 0.481 e. The van der Waals surface area contributed by atoms with Crippen LogP contribution in [0.3, 0.4) is 0 Å². The van der Waals surface area contributed by atoms with Crippen LogP contribution in [0.2, 0.25) is 0 Å². The summed E-state index contributed by atoms with van der Waals surface area (Å²) in [4.78, 5) is 22.2. The quantitative estimate of drug-likeness (QED) is 0.668. The number of carboxylic acid groups (broad SMARTS) is 1. The molecule has 14 heavy (non-hydrogen) atoms. The average molecular weight is 257 g/mol. The van der Waals surface area contributed by atoms with Gasteiger partial charge in [0.15, 0.2) is 5.78 Å². The minimum atomic E-state index is -1.11. The third kappa shape index (κ3) is 2.20. The normalized spacial score (nSPS) is 12.1. The number of ketones is 1. The van der Waals surface area contributed by atoms with Crippen LogP contribution in [0.1, 0.15) is 17.3 Å². The van der Waals surface area contributed by atoms with Crippen LogP contribution < -0.4 is 0 Å². The zero-order valence-corrected chi connectivity index (χ0v) is 9.11. The maximum absolute atomic E-state index is 11.6. The van der Waals surface area contributed by atoms with Gasteiger partial charge in [0.25, 0.3) is 0 Å². The van der Waals surface area contributed by atoms with Gasteiger partial charge in [0, 0.05) is 10.0 Å². The van der Waals surface area contributed by atoms with Crippen molar-refractivity contribution in [2.75, 3.05) is 0 Å². The zero-order valence-electron chi connectivity index (χ0n) is 7.53. The Balaban J connectivity index is 3.01. The molecule has 0 aliphatic rings. The zero-order chi connectivity index (χ0) is 10.7. The lowest BCUT2D eigenvalue weighted by atomic mass is 10.00. The minimum Gasteiger partial charge on any atom is -0.481 e. The SMILES string of the molecule is CC(C(=O)O)C(=O)c1ccccc1Br. The molecule has 0 aliphatic heterocycles. The first-order chi connectivity index (χ1) is 6.54. The third-order valence-electron chi connectivity index (χ3n) is 1.90. The molecule has 0 amide bonds. The Hall–Kier alpha value is -1.16. The van der Waals surface area contributed by atoms with Crippen LogP contribution in [0.25, 0.3) is 0 Å². The first-order valence-electron chi connectivity index (χ1n) is 4.05. The Morgan fingerprint density at radius 3 is 2.43 bits per heavy atom. The van der Waals surface area contributed by atoms with Crippen molar-refractivity contribution >= 4 is 27.7 Å². The molecule has 1 aromatic carbocycles. The Morgan fingerprint density at radius 2 is 1.93 bits per heavy atom. The van der Waals surface area contributed by atoms with Crippen LogP contribution >= 0.6 is 15.9 Å². The van der Waals surface area contributed by atoms with Crippen LogP contribution in [-0.4, -0.2) is 16.9 Å². The van der Waals surface area contributed by atoms with E-state index < -0.39 is 11.9 Å². The van der Waals surface area contributed by atoms with E-state index in [0.29, 0.717) is 10.0 Å². The lowest BCUT2D eigenvalue weighted by Gasteiger charge is -2.06. The predicted molar refractivity (Wildman–Crippen MR) is 55.3 cm³/mol. The van der Waals surface area contributed by atoms with Crippen molar-refractivity contribution in [3.05, 3.63) is 34.3 Å². The second kappa shape index (κ2) is 4.37. The molecule has 0 bridgehead atoms. The van der Waals surface area contributed by atoms with E-state index in [0.717, 1.165) is 0 Å². The summed E-state index contributed by atoms with van der Waals surface area (Å²) < 4.78 is 0.623. The monoisotopic (exact) mass is 256 g/mol. The lowest BCUT2D eigenvalue weighted by Crippen LogP contribution is -2.20. The second-order valence-corrected chi connectivity index (χ2v) is 3.76. The van der Waals surface area contributed by atoms with E-state index in [1.807, 2.05) is 0 Å². The number of aliphatic carboxylic acids is 1. The summed E-state index contributed by atoms with van der Waals surface area (Å²) >= 11 is 3.20. The number of carboxylic acids is 1. The van der Waals surface area contributed by atoms with E-state index in [2.05, 4.69) is 15.9 Å². The molecular weight excluding hydrogens is 248 g/mol. The molecule has 1 rings (SSSR count). The van der Waals surface area contributed by atoms with Crippen molar-refractivity contribution in [2.45, 2.75) is 6.92 Å².